The lowest BCUT2D eigenvalue weighted by Gasteiger charge is -2.27. The predicted octanol–water partition coefficient (Wildman–Crippen LogP) is 5.08. The molecule has 1 aliphatic rings. The Balaban J connectivity index is 1.21. The molecule has 2 aromatic carbocycles. The average Bonchev–Trinajstić information content (AvgIpc) is 3.39. The van der Waals surface area contributed by atoms with Gasteiger partial charge in [0.25, 0.3) is 11.8 Å². The first-order valence-electron chi connectivity index (χ1n) is 12.6. The lowest BCUT2D eigenvalue weighted by atomic mass is 10.1. The molecule has 39 heavy (non-hydrogen) atoms. The van der Waals surface area contributed by atoms with Crippen molar-refractivity contribution in [3.63, 3.8) is 0 Å². The Morgan fingerprint density at radius 2 is 1.74 bits per heavy atom. The molecule has 0 saturated carbocycles. The molecule has 3 heterocycles. The molecule has 9 nitrogen and oxygen atoms in total. The van der Waals surface area contributed by atoms with E-state index in [0.717, 1.165) is 35.2 Å². The first kappa shape index (κ1) is 26.3. The number of aromatic nitrogens is 2. The lowest BCUT2D eigenvalue weighted by molar-refractivity contribution is 0.101. The minimum absolute atomic E-state index is 0.253. The van der Waals surface area contributed by atoms with Crippen LogP contribution < -0.4 is 20.3 Å². The van der Waals surface area contributed by atoms with Gasteiger partial charge in [0.05, 0.1) is 23.9 Å². The van der Waals surface area contributed by atoms with Gasteiger partial charge in [0, 0.05) is 47.2 Å². The number of carbonyl (C=O) groups is 2. The van der Waals surface area contributed by atoms with Crippen molar-refractivity contribution in [1.82, 2.24) is 9.97 Å². The highest BCUT2D eigenvalue weighted by Crippen LogP contribution is 2.23. The second-order valence-electron chi connectivity index (χ2n) is 9.11. The van der Waals surface area contributed by atoms with Crippen molar-refractivity contribution < 1.29 is 19.1 Å². The summed E-state index contributed by atoms with van der Waals surface area (Å²) < 4.78 is 11.2. The summed E-state index contributed by atoms with van der Waals surface area (Å²) in [5, 5.41) is 8.83. The number of anilines is 3. The molecular weight excluding hydrogens is 514 g/mol. The number of amides is 2. The third-order valence-electron chi connectivity index (χ3n) is 6.26. The summed E-state index contributed by atoms with van der Waals surface area (Å²) in [4.78, 5) is 36.8. The van der Waals surface area contributed by atoms with Crippen molar-refractivity contribution in [3.8, 4) is 5.75 Å². The van der Waals surface area contributed by atoms with Gasteiger partial charge in [0.2, 0.25) is 0 Å². The number of hydrogen-bond donors (Lipinski definition) is 2. The van der Waals surface area contributed by atoms with Gasteiger partial charge >= 0.3 is 0 Å². The van der Waals surface area contributed by atoms with Gasteiger partial charge in [-0.25, -0.2) is 9.97 Å². The molecule has 1 fully saturated rings. The number of aryl methyl sites for hydroxylation is 2. The number of nitrogens with zero attached hydrogens (tertiary/aromatic N) is 3. The van der Waals surface area contributed by atoms with Crippen LogP contribution in [0, 0.1) is 13.8 Å². The zero-order valence-corrected chi connectivity index (χ0v) is 22.6. The molecule has 10 heteroatoms. The zero-order valence-electron chi connectivity index (χ0n) is 21.8. The first-order chi connectivity index (χ1) is 18.9. The van der Waals surface area contributed by atoms with Crippen LogP contribution in [-0.2, 0) is 11.3 Å². The zero-order chi connectivity index (χ0) is 27.2. The maximum Gasteiger partial charge on any atom is 0.255 e. The van der Waals surface area contributed by atoms with Crippen LogP contribution >= 0.6 is 11.3 Å². The van der Waals surface area contributed by atoms with Gasteiger partial charge in [0.15, 0.2) is 0 Å². The Morgan fingerprint density at radius 1 is 0.974 bits per heavy atom. The number of rotatable bonds is 8. The summed E-state index contributed by atoms with van der Waals surface area (Å²) in [5.74, 6) is 0.896. The van der Waals surface area contributed by atoms with E-state index in [2.05, 4.69) is 25.5 Å². The van der Waals surface area contributed by atoms with Crippen molar-refractivity contribution >= 4 is 40.3 Å². The molecule has 5 rings (SSSR count). The summed E-state index contributed by atoms with van der Waals surface area (Å²) in [6.07, 6.45) is 1.64. The van der Waals surface area contributed by atoms with Gasteiger partial charge in [-0.05, 0) is 67.9 Å². The van der Waals surface area contributed by atoms with Crippen LogP contribution in [0.2, 0.25) is 0 Å². The average molecular weight is 544 g/mol. The Kier molecular flexibility index (Phi) is 8.14. The number of ether oxygens (including phenoxy) is 2. The molecule has 2 aromatic heterocycles. The minimum atomic E-state index is -0.257. The van der Waals surface area contributed by atoms with Gasteiger partial charge in [-0.2, -0.15) is 0 Å². The lowest BCUT2D eigenvalue weighted by Crippen LogP contribution is -2.36. The van der Waals surface area contributed by atoms with Crippen LogP contribution in [0.1, 0.15) is 37.0 Å². The maximum atomic E-state index is 13.0. The standard InChI is InChI=1S/C29H29N5O4S/c1-19-3-6-23(32-29(36)22-9-10-30-27(15-22)34-11-13-37-14-12-34)16-26(19)33-28(35)21-4-7-25(8-5-21)38-17-24-18-39-20(2)31-24/h3-10,15-16,18H,11-14,17H2,1-2H3,(H,32,36)(H,33,35). The molecule has 1 aliphatic heterocycles. The topological polar surface area (TPSA) is 106 Å². The molecule has 0 aliphatic carbocycles. The summed E-state index contributed by atoms with van der Waals surface area (Å²) in [5.41, 5.74) is 3.94. The Morgan fingerprint density at radius 3 is 2.49 bits per heavy atom. The van der Waals surface area contributed by atoms with E-state index in [1.54, 1.807) is 60.0 Å². The molecule has 0 unspecified atom stereocenters. The minimum Gasteiger partial charge on any atom is -0.487 e. The van der Waals surface area contributed by atoms with Crippen LogP contribution in [0.25, 0.3) is 0 Å². The van der Waals surface area contributed by atoms with Crippen LogP contribution in [0.3, 0.4) is 0 Å². The number of benzene rings is 2. The van der Waals surface area contributed by atoms with Crippen molar-refractivity contribution in [2.24, 2.45) is 0 Å². The van der Waals surface area contributed by atoms with Crippen LogP contribution in [0.5, 0.6) is 5.75 Å². The highest BCUT2D eigenvalue weighted by Gasteiger charge is 2.16. The van der Waals surface area contributed by atoms with E-state index >= 15 is 0 Å². The second-order valence-corrected chi connectivity index (χ2v) is 10.2. The van der Waals surface area contributed by atoms with E-state index in [9.17, 15) is 9.59 Å². The number of hydrogen-bond acceptors (Lipinski definition) is 8. The fraction of sp³-hybridized carbons (Fsp3) is 0.241. The van der Waals surface area contributed by atoms with Gasteiger partial charge in [-0.3, -0.25) is 9.59 Å². The number of nitrogens with one attached hydrogen (secondary N) is 2. The quantitative estimate of drug-likeness (QED) is 0.319. The largest absolute Gasteiger partial charge is 0.487 e. The molecule has 0 atom stereocenters. The molecule has 1 saturated heterocycles. The van der Waals surface area contributed by atoms with E-state index in [0.29, 0.717) is 48.1 Å². The van der Waals surface area contributed by atoms with E-state index in [4.69, 9.17) is 9.47 Å². The van der Waals surface area contributed by atoms with Gasteiger partial charge in [-0.1, -0.05) is 6.07 Å². The fourth-order valence-corrected chi connectivity index (χ4v) is 4.69. The molecule has 200 valence electrons. The van der Waals surface area contributed by atoms with Crippen LogP contribution in [0.15, 0.2) is 66.2 Å². The van der Waals surface area contributed by atoms with Gasteiger partial charge in [-0.15, -0.1) is 11.3 Å². The highest BCUT2D eigenvalue weighted by molar-refractivity contribution is 7.09. The summed E-state index contributed by atoms with van der Waals surface area (Å²) >= 11 is 1.58. The normalized spacial score (nSPS) is 13.1. The molecular formula is C29H29N5O4S. The van der Waals surface area contributed by atoms with E-state index in [1.165, 1.54) is 0 Å². The smallest absolute Gasteiger partial charge is 0.255 e. The van der Waals surface area contributed by atoms with Gasteiger partial charge in [0.1, 0.15) is 18.2 Å². The summed E-state index contributed by atoms with van der Waals surface area (Å²) in [6, 6.07) is 15.8. The van der Waals surface area contributed by atoms with E-state index < -0.39 is 0 Å². The highest BCUT2D eigenvalue weighted by atomic mass is 32.1. The number of pyridine rings is 1. The van der Waals surface area contributed by atoms with Crippen LogP contribution in [0.4, 0.5) is 17.2 Å². The van der Waals surface area contributed by atoms with Crippen molar-refractivity contribution in [2.75, 3.05) is 41.8 Å². The maximum absolute atomic E-state index is 13.0. The first-order valence-corrected chi connectivity index (χ1v) is 13.5. The number of morpholine rings is 1. The number of thiazole rings is 1. The molecule has 4 aromatic rings. The number of carbonyl (C=O) groups excluding carboxylic acids is 2. The molecule has 2 N–H and O–H groups in total. The monoisotopic (exact) mass is 543 g/mol. The third-order valence-corrected chi connectivity index (χ3v) is 7.08. The third kappa shape index (κ3) is 6.78. The summed E-state index contributed by atoms with van der Waals surface area (Å²) in [6.45, 7) is 6.98. The molecule has 2 amide bonds. The van der Waals surface area contributed by atoms with E-state index in [1.807, 2.05) is 31.4 Å². The Bertz CT molecular complexity index is 1460. The Hall–Kier alpha value is -4.28. The SMILES string of the molecule is Cc1nc(COc2ccc(C(=O)Nc3cc(NC(=O)c4ccnc(N5CCOCC5)c4)ccc3C)cc2)cs1. The summed E-state index contributed by atoms with van der Waals surface area (Å²) in [7, 11) is 0. The van der Waals surface area contributed by atoms with E-state index in [-0.39, 0.29) is 11.8 Å². The fourth-order valence-electron chi connectivity index (χ4n) is 4.09. The molecule has 0 bridgehead atoms. The molecule has 0 spiro atoms. The Labute approximate surface area is 230 Å². The van der Waals surface area contributed by atoms with Crippen molar-refractivity contribution in [2.45, 2.75) is 20.5 Å². The molecule has 0 radical (unpaired) electrons. The van der Waals surface area contributed by atoms with Gasteiger partial charge < -0.3 is 25.0 Å². The predicted molar refractivity (Wildman–Crippen MR) is 152 cm³/mol. The van der Waals surface area contributed by atoms with Crippen LogP contribution in [-0.4, -0.2) is 48.1 Å². The van der Waals surface area contributed by atoms with Crippen molar-refractivity contribution in [3.05, 3.63) is 93.6 Å². The second kappa shape index (κ2) is 12.1. The van der Waals surface area contributed by atoms with Crippen molar-refractivity contribution in [1.29, 1.82) is 0 Å².